The van der Waals surface area contributed by atoms with Gasteiger partial charge in [0.25, 0.3) is 0 Å². The van der Waals surface area contributed by atoms with Gasteiger partial charge in [-0.1, -0.05) is 0 Å². The Balaban J connectivity index is 2.09. The number of nitrogens with zero attached hydrogens (tertiary/aromatic N) is 1. The van der Waals surface area contributed by atoms with Crippen molar-refractivity contribution in [3.63, 3.8) is 0 Å². The van der Waals surface area contributed by atoms with Crippen LogP contribution in [0.4, 0.5) is 0 Å². The minimum atomic E-state index is -1.11. The van der Waals surface area contributed by atoms with Crippen molar-refractivity contribution in [3.8, 4) is 6.07 Å². The molecule has 1 heterocycles. The molecule has 4 nitrogen and oxygen atoms in total. The van der Waals surface area contributed by atoms with Crippen LogP contribution in [0.5, 0.6) is 0 Å². The topological polar surface area (TPSA) is 70.3 Å². The summed E-state index contributed by atoms with van der Waals surface area (Å²) >= 11 is 0. The molecule has 64 valence electrons. The van der Waals surface area contributed by atoms with E-state index in [2.05, 4.69) is 0 Å². The van der Waals surface area contributed by atoms with E-state index in [1.54, 1.807) is 0 Å². The molecule has 2 rings (SSSR count). The van der Waals surface area contributed by atoms with Crippen LogP contribution in [-0.2, 0) is 9.53 Å². The highest BCUT2D eigenvalue weighted by atomic mass is 16.5. The average Bonchev–Trinajstić information content (AvgIpc) is 1.82. The second-order valence-electron chi connectivity index (χ2n) is 3.85. The van der Waals surface area contributed by atoms with Crippen LogP contribution in [0, 0.1) is 22.2 Å². The van der Waals surface area contributed by atoms with Crippen LogP contribution in [0.1, 0.15) is 12.8 Å². The van der Waals surface area contributed by atoms with Crippen LogP contribution < -0.4 is 0 Å². The van der Waals surface area contributed by atoms with Crippen LogP contribution in [-0.4, -0.2) is 24.3 Å². The molecule has 4 heteroatoms. The largest absolute Gasteiger partial charge is 0.480 e. The zero-order valence-electron chi connectivity index (χ0n) is 6.54. The number of carbonyl (C=O) groups is 1. The van der Waals surface area contributed by atoms with Gasteiger partial charge in [0.15, 0.2) is 5.41 Å². The van der Waals surface area contributed by atoms with E-state index >= 15 is 0 Å². The summed E-state index contributed by atoms with van der Waals surface area (Å²) in [4.78, 5) is 10.7. The summed E-state index contributed by atoms with van der Waals surface area (Å²) in [5.74, 6) is -0.984. The fraction of sp³-hybridized carbons (Fsp3) is 0.750. The van der Waals surface area contributed by atoms with E-state index in [0.717, 1.165) is 0 Å². The molecule has 0 amide bonds. The molecule has 1 saturated heterocycles. The van der Waals surface area contributed by atoms with Crippen LogP contribution in [0.2, 0.25) is 0 Å². The summed E-state index contributed by atoms with van der Waals surface area (Å²) in [6, 6.07) is 1.88. The van der Waals surface area contributed by atoms with Crippen molar-refractivity contribution in [3.05, 3.63) is 0 Å². The Morgan fingerprint density at radius 1 is 1.50 bits per heavy atom. The number of hydrogen-bond acceptors (Lipinski definition) is 3. The van der Waals surface area contributed by atoms with Gasteiger partial charge in [-0.3, -0.25) is 4.79 Å². The molecule has 0 radical (unpaired) electrons. The highest BCUT2D eigenvalue weighted by Gasteiger charge is 2.62. The average molecular weight is 167 g/mol. The molecule has 1 saturated carbocycles. The van der Waals surface area contributed by atoms with Gasteiger partial charge in [0.2, 0.25) is 0 Å². The molecule has 0 unspecified atom stereocenters. The molecule has 1 spiro atoms. The lowest BCUT2D eigenvalue weighted by Gasteiger charge is -2.55. The monoisotopic (exact) mass is 167 g/mol. The number of nitriles is 1. The molecule has 2 aliphatic rings. The van der Waals surface area contributed by atoms with Gasteiger partial charge in [-0.2, -0.15) is 5.26 Å². The third kappa shape index (κ3) is 0.718. The van der Waals surface area contributed by atoms with Crippen molar-refractivity contribution < 1.29 is 14.6 Å². The maximum absolute atomic E-state index is 10.7. The van der Waals surface area contributed by atoms with Crippen molar-refractivity contribution >= 4 is 5.97 Å². The van der Waals surface area contributed by atoms with Gasteiger partial charge in [0.1, 0.15) is 0 Å². The fourth-order valence-electron chi connectivity index (χ4n) is 2.10. The molecule has 0 aromatic carbocycles. The van der Waals surface area contributed by atoms with Crippen molar-refractivity contribution in [2.75, 3.05) is 13.2 Å². The highest BCUT2D eigenvalue weighted by molar-refractivity contribution is 5.79. The first-order valence-corrected chi connectivity index (χ1v) is 3.85. The molecule has 12 heavy (non-hydrogen) atoms. The molecule has 1 aliphatic carbocycles. The Bertz CT molecular complexity index is 267. The standard InChI is InChI=1S/C8H9NO3/c9-3-8(6(10)11)1-7(2-8)4-12-5-7/h1-2,4-5H2,(H,10,11). The number of hydrogen-bond donors (Lipinski definition) is 1. The quantitative estimate of drug-likeness (QED) is 0.613. The SMILES string of the molecule is N#CC1(C(=O)O)CC2(COC2)C1. The number of ether oxygens (including phenoxy) is 1. The van der Waals surface area contributed by atoms with E-state index in [0.29, 0.717) is 26.1 Å². The third-order valence-corrected chi connectivity index (χ3v) is 2.79. The maximum Gasteiger partial charge on any atom is 0.324 e. The third-order valence-electron chi connectivity index (χ3n) is 2.79. The number of carboxylic acids is 1. The van der Waals surface area contributed by atoms with Crippen LogP contribution in [0.25, 0.3) is 0 Å². The Labute approximate surface area is 69.7 Å². The predicted molar refractivity (Wildman–Crippen MR) is 38.2 cm³/mol. The molecule has 0 atom stereocenters. The van der Waals surface area contributed by atoms with Crippen LogP contribution in [0.15, 0.2) is 0 Å². The van der Waals surface area contributed by atoms with Crippen molar-refractivity contribution in [2.24, 2.45) is 10.8 Å². The Hall–Kier alpha value is -1.08. The lowest BCUT2D eigenvalue weighted by Crippen LogP contribution is -2.59. The van der Waals surface area contributed by atoms with Gasteiger partial charge in [-0.05, 0) is 12.8 Å². The summed E-state index contributed by atoms with van der Waals surface area (Å²) < 4.78 is 5.00. The smallest absolute Gasteiger partial charge is 0.324 e. The van der Waals surface area contributed by atoms with Gasteiger partial charge >= 0.3 is 5.97 Å². The summed E-state index contributed by atoms with van der Waals surface area (Å²) in [6.45, 7) is 1.26. The van der Waals surface area contributed by atoms with E-state index in [9.17, 15) is 4.79 Å². The molecule has 0 bridgehead atoms. The first kappa shape index (κ1) is 7.56. The van der Waals surface area contributed by atoms with E-state index < -0.39 is 11.4 Å². The lowest BCUT2D eigenvalue weighted by atomic mass is 9.52. The molecular formula is C8H9NO3. The number of carboxylic acid groups (broad SMARTS) is 1. The van der Waals surface area contributed by atoms with E-state index in [1.165, 1.54) is 0 Å². The molecule has 1 aliphatic heterocycles. The van der Waals surface area contributed by atoms with Crippen molar-refractivity contribution in [2.45, 2.75) is 12.8 Å². The van der Waals surface area contributed by atoms with E-state index in [-0.39, 0.29) is 5.41 Å². The summed E-state index contributed by atoms with van der Waals surface area (Å²) in [6.07, 6.45) is 0.928. The van der Waals surface area contributed by atoms with Gasteiger partial charge < -0.3 is 9.84 Å². The van der Waals surface area contributed by atoms with E-state index in [4.69, 9.17) is 15.1 Å². The van der Waals surface area contributed by atoms with Gasteiger partial charge in [-0.15, -0.1) is 0 Å². The first-order valence-electron chi connectivity index (χ1n) is 3.85. The second kappa shape index (κ2) is 1.99. The molecule has 0 aromatic rings. The molecular weight excluding hydrogens is 158 g/mol. The Morgan fingerprint density at radius 3 is 2.33 bits per heavy atom. The fourth-order valence-corrected chi connectivity index (χ4v) is 2.10. The molecule has 1 N–H and O–H groups in total. The Morgan fingerprint density at radius 2 is 2.08 bits per heavy atom. The van der Waals surface area contributed by atoms with Crippen LogP contribution in [0.3, 0.4) is 0 Å². The number of aliphatic carboxylic acids is 1. The first-order chi connectivity index (χ1) is 5.63. The minimum absolute atomic E-state index is 0.0358. The van der Waals surface area contributed by atoms with E-state index in [1.807, 2.05) is 6.07 Å². The second-order valence-corrected chi connectivity index (χ2v) is 3.85. The normalized spacial score (nSPS) is 28.2. The summed E-state index contributed by atoms with van der Waals surface area (Å²) in [5, 5.41) is 17.5. The van der Waals surface area contributed by atoms with Gasteiger partial charge in [0.05, 0.1) is 19.3 Å². The predicted octanol–water partition coefficient (Wildman–Crippen LogP) is 0.391. The van der Waals surface area contributed by atoms with Gasteiger partial charge in [-0.25, -0.2) is 0 Å². The number of rotatable bonds is 1. The Kier molecular flexibility index (Phi) is 1.25. The highest BCUT2D eigenvalue weighted by Crippen LogP contribution is 2.57. The molecule has 0 aromatic heterocycles. The zero-order valence-corrected chi connectivity index (χ0v) is 6.54. The zero-order chi connectivity index (χ0) is 8.82. The maximum atomic E-state index is 10.7. The van der Waals surface area contributed by atoms with Crippen LogP contribution >= 0.6 is 0 Å². The van der Waals surface area contributed by atoms with Crippen molar-refractivity contribution in [1.82, 2.24) is 0 Å². The molecule has 2 fully saturated rings. The lowest BCUT2D eigenvalue weighted by molar-refractivity contribution is -0.207. The summed E-state index contributed by atoms with van der Waals surface area (Å²) in [7, 11) is 0. The minimum Gasteiger partial charge on any atom is -0.480 e. The summed E-state index contributed by atoms with van der Waals surface area (Å²) in [5.41, 5.74) is -1.07. The van der Waals surface area contributed by atoms with Gasteiger partial charge in [0, 0.05) is 5.41 Å². The van der Waals surface area contributed by atoms with Crippen molar-refractivity contribution in [1.29, 1.82) is 5.26 Å².